The van der Waals surface area contributed by atoms with Crippen molar-refractivity contribution in [1.82, 2.24) is 0 Å². The summed E-state index contributed by atoms with van der Waals surface area (Å²) in [6, 6.07) is 0. The molecule has 5 nitrogen and oxygen atoms in total. The molecule has 5 heteroatoms. The average Bonchev–Trinajstić information content (AvgIpc) is 3.11. The van der Waals surface area contributed by atoms with Crippen molar-refractivity contribution in [1.29, 1.82) is 0 Å². The van der Waals surface area contributed by atoms with E-state index >= 15 is 0 Å². The summed E-state index contributed by atoms with van der Waals surface area (Å²) in [6.45, 7) is 2.03. The zero-order chi connectivity index (χ0) is 21.9. The summed E-state index contributed by atoms with van der Waals surface area (Å²) in [6.07, 6.45) is 19.5. The lowest BCUT2D eigenvalue weighted by atomic mass is 9.78. The number of carbonyl (C=O) groups is 1. The van der Waals surface area contributed by atoms with Crippen molar-refractivity contribution in [3.05, 3.63) is 0 Å². The second-order valence-electron chi connectivity index (χ2n) is 11.7. The van der Waals surface area contributed by atoms with Crippen LogP contribution in [0.1, 0.15) is 103 Å². The van der Waals surface area contributed by atoms with Crippen LogP contribution >= 0.6 is 0 Å². The van der Waals surface area contributed by atoms with Crippen LogP contribution in [0, 0.1) is 22.7 Å². The van der Waals surface area contributed by atoms with Gasteiger partial charge in [0.05, 0.1) is 37.3 Å². The number of ketones is 1. The average molecular weight is 449 g/mol. The lowest BCUT2D eigenvalue weighted by molar-refractivity contribution is -0.239. The fourth-order valence-electron chi connectivity index (χ4n) is 7.04. The molecule has 0 aromatic rings. The van der Waals surface area contributed by atoms with Crippen LogP contribution in [0.25, 0.3) is 0 Å². The summed E-state index contributed by atoms with van der Waals surface area (Å²) in [4.78, 5) is 13.6. The smallest absolute Gasteiger partial charge is 0.157 e. The maximum atomic E-state index is 13.6. The first-order chi connectivity index (χ1) is 15.7. The fraction of sp³-hybridized carbons (Fsp3) is 0.963. The van der Waals surface area contributed by atoms with Gasteiger partial charge < -0.3 is 18.9 Å². The fourth-order valence-corrected chi connectivity index (χ4v) is 7.04. The molecule has 0 radical (unpaired) electrons. The molecule has 3 aliphatic carbocycles. The van der Waals surface area contributed by atoms with Crippen molar-refractivity contribution in [2.45, 2.75) is 115 Å². The van der Waals surface area contributed by atoms with Crippen LogP contribution in [0.5, 0.6) is 0 Å². The van der Waals surface area contributed by atoms with E-state index in [0.29, 0.717) is 26.4 Å². The van der Waals surface area contributed by atoms with E-state index < -0.39 is 10.8 Å². The Morgan fingerprint density at radius 3 is 1.31 bits per heavy atom. The van der Waals surface area contributed by atoms with E-state index in [1.54, 1.807) is 0 Å². The quantitative estimate of drug-likeness (QED) is 0.515. The van der Waals surface area contributed by atoms with Gasteiger partial charge in [-0.25, -0.2) is 0 Å². The van der Waals surface area contributed by atoms with E-state index in [0.717, 1.165) is 37.5 Å². The van der Waals surface area contributed by atoms with Gasteiger partial charge in [0.1, 0.15) is 0 Å². The van der Waals surface area contributed by atoms with Crippen LogP contribution in [0.4, 0.5) is 0 Å². The first-order valence-corrected chi connectivity index (χ1v) is 13.7. The molecular weight excluding hydrogens is 404 g/mol. The van der Waals surface area contributed by atoms with Gasteiger partial charge in [-0.15, -0.1) is 0 Å². The summed E-state index contributed by atoms with van der Waals surface area (Å²) in [5.74, 6) is 1.94. The minimum Gasteiger partial charge on any atom is -0.352 e. The maximum absolute atomic E-state index is 13.6. The van der Waals surface area contributed by atoms with Gasteiger partial charge in [-0.3, -0.25) is 4.79 Å². The molecule has 0 amide bonds. The van der Waals surface area contributed by atoms with E-state index in [2.05, 4.69) is 0 Å². The molecule has 0 unspecified atom stereocenters. The van der Waals surface area contributed by atoms with Crippen molar-refractivity contribution in [2.24, 2.45) is 22.7 Å². The standard InChI is InChI=1S/C27H44O5/c28-25-26(17-29-23(30-18-26)13-11-21-7-3-1-4-8-21)15-16-27(25)19-31-24(32-20-27)14-12-22-9-5-2-6-10-22/h21-24H,1-20H2. The van der Waals surface area contributed by atoms with Crippen molar-refractivity contribution < 1.29 is 23.7 Å². The van der Waals surface area contributed by atoms with Crippen molar-refractivity contribution in [2.75, 3.05) is 26.4 Å². The zero-order valence-corrected chi connectivity index (χ0v) is 20.0. The molecule has 0 atom stereocenters. The number of carbonyl (C=O) groups excluding carboxylic acids is 1. The van der Waals surface area contributed by atoms with E-state index in [9.17, 15) is 4.79 Å². The number of rotatable bonds is 6. The van der Waals surface area contributed by atoms with Gasteiger partial charge >= 0.3 is 0 Å². The predicted octanol–water partition coefficient (Wildman–Crippen LogP) is 5.79. The summed E-state index contributed by atoms with van der Waals surface area (Å²) in [5, 5.41) is 0. The van der Waals surface area contributed by atoms with Crippen LogP contribution in [0.3, 0.4) is 0 Å². The van der Waals surface area contributed by atoms with Crippen LogP contribution in [0.15, 0.2) is 0 Å². The van der Waals surface area contributed by atoms with Crippen LogP contribution in [-0.2, 0) is 23.7 Å². The largest absolute Gasteiger partial charge is 0.352 e. The molecule has 0 aromatic heterocycles. The van der Waals surface area contributed by atoms with Crippen LogP contribution in [0.2, 0.25) is 0 Å². The summed E-state index contributed by atoms with van der Waals surface area (Å²) in [7, 11) is 0. The Morgan fingerprint density at radius 2 is 0.938 bits per heavy atom. The topological polar surface area (TPSA) is 54.0 Å². The molecule has 2 aliphatic heterocycles. The molecule has 2 saturated heterocycles. The highest BCUT2D eigenvalue weighted by Gasteiger charge is 2.59. The number of ether oxygens (including phenoxy) is 4. The second-order valence-corrected chi connectivity index (χ2v) is 11.7. The van der Waals surface area contributed by atoms with Gasteiger partial charge in [0.15, 0.2) is 18.4 Å². The third-order valence-electron chi connectivity index (χ3n) is 9.30. The SMILES string of the molecule is O=C1C2(CCC13COC(CCC1CCCCC1)OC3)COC(CCC1CCCCC1)OC2. The molecule has 2 heterocycles. The van der Waals surface area contributed by atoms with Gasteiger partial charge in [-0.1, -0.05) is 64.2 Å². The first-order valence-electron chi connectivity index (χ1n) is 13.7. The lowest BCUT2D eigenvalue weighted by Crippen LogP contribution is -2.52. The van der Waals surface area contributed by atoms with Crippen molar-refractivity contribution >= 4 is 5.78 Å². The molecule has 5 aliphatic rings. The molecule has 182 valence electrons. The van der Waals surface area contributed by atoms with Crippen LogP contribution < -0.4 is 0 Å². The third-order valence-corrected chi connectivity index (χ3v) is 9.30. The normalized spacial score (nSPS) is 39.8. The van der Waals surface area contributed by atoms with Crippen molar-refractivity contribution in [3.8, 4) is 0 Å². The Balaban J connectivity index is 1.06. The molecule has 5 fully saturated rings. The molecule has 0 aromatic carbocycles. The van der Waals surface area contributed by atoms with E-state index in [1.165, 1.54) is 77.0 Å². The minimum absolute atomic E-state index is 0.130. The van der Waals surface area contributed by atoms with Gasteiger partial charge in [-0.05, 0) is 50.4 Å². The number of hydrogen-bond acceptors (Lipinski definition) is 5. The molecule has 32 heavy (non-hydrogen) atoms. The lowest BCUT2D eigenvalue weighted by Gasteiger charge is -2.40. The Hall–Kier alpha value is -0.490. The van der Waals surface area contributed by atoms with Gasteiger partial charge in [0.2, 0.25) is 0 Å². The van der Waals surface area contributed by atoms with E-state index in [4.69, 9.17) is 18.9 Å². The first kappa shape index (κ1) is 23.3. The second kappa shape index (κ2) is 10.4. The van der Waals surface area contributed by atoms with Gasteiger partial charge in [-0.2, -0.15) is 0 Å². The third kappa shape index (κ3) is 5.11. The molecule has 3 saturated carbocycles. The Labute approximate surface area is 194 Å². The maximum Gasteiger partial charge on any atom is 0.157 e. The minimum atomic E-state index is -0.483. The zero-order valence-electron chi connectivity index (χ0n) is 20.0. The van der Waals surface area contributed by atoms with Crippen LogP contribution in [-0.4, -0.2) is 44.8 Å². The molecular formula is C27H44O5. The monoisotopic (exact) mass is 448 g/mol. The van der Waals surface area contributed by atoms with Gasteiger partial charge in [0.25, 0.3) is 0 Å². The van der Waals surface area contributed by atoms with E-state index in [-0.39, 0.29) is 18.4 Å². The number of Topliss-reactive ketones (excluding diaryl/α,β-unsaturated/α-hetero) is 1. The van der Waals surface area contributed by atoms with Crippen molar-refractivity contribution in [3.63, 3.8) is 0 Å². The summed E-state index contributed by atoms with van der Waals surface area (Å²) >= 11 is 0. The highest BCUT2D eigenvalue weighted by molar-refractivity contribution is 5.93. The Kier molecular flexibility index (Phi) is 7.57. The highest BCUT2D eigenvalue weighted by Crippen LogP contribution is 2.50. The highest BCUT2D eigenvalue weighted by atomic mass is 16.7. The Bertz CT molecular complexity index is 554. The van der Waals surface area contributed by atoms with Gasteiger partial charge in [0, 0.05) is 0 Å². The molecule has 0 bridgehead atoms. The predicted molar refractivity (Wildman–Crippen MR) is 122 cm³/mol. The summed E-state index contributed by atoms with van der Waals surface area (Å²) in [5.41, 5.74) is -0.966. The molecule has 5 rings (SSSR count). The molecule has 2 spiro atoms. The number of hydrogen-bond donors (Lipinski definition) is 0. The van der Waals surface area contributed by atoms with E-state index in [1.807, 2.05) is 0 Å². The molecule has 0 N–H and O–H groups in total. The summed E-state index contributed by atoms with van der Waals surface area (Å²) < 4.78 is 24.5. The Morgan fingerprint density at radius 1 is 0.562 bits per heavy atom.